The number of nitrogens with zero attached hydrogens (tertiary/aromatic N) is 2. The third-order valence-electron chi connectivity index (χ3n) is 2.98. The minimum absolute atomic E-state index is 0.172. The number of hydrogen-bond donors (Lipinski definition) is 0. The van der Waals surface area contributed by atoms with Gasteiger partial charge in [-0.15, -0.1) is 11.3 Å². The summed E-state index contributed by atoms with van der Waals surface area (Å²) in [5, 5.41) is 1.02. The summed E-state index contributed by atoms with van der Waals surface area (Å²) in [5.74, 6) is 1.70. The van der Waals surface area contributed by atoms with E-state index in [9.17, 15) is 0 Å². The molecular weight excluding hydrogens is 308 g/mol. The predicted molar refractivity (Wildman–Crippen MR) is 85.0 cm³/mol. The van der Waals surface area contributed by atoms with E-state index < -0.39 is 0 Å². The van der Waals surface area contributed by atoms with Gasteiger partial charge in [-0.3, -0.25) is 0 Å². The van der Waals surface area contributed by atoms with Gasteiger partial charge in [-0.25, -0.2) is 4.98 Å². The van der Waals surface area contributed by atoms with Gasteiger partial charge in [0.15, 0.2) is 11.5 Å². The number of fused-ring (bicyclic) bond motifs is 1. The summed E-state index contributed by atoms with van der Waals surface area (Å²) in [5.41, 5.74) is 1.09. The van der Waals surface area contributed by atoms with E-state index in [0.29, 0.717) is 17.4 Å². The molecule has 2 heterocycles. The first-order valence-corrected chi connectivity index (χ1v) is 7.52. The third-order valence-corrected chi connectivity index (χ3v) is 4.09. The molecule has 3 rings (SSSR count). The van der Waals surface area contributed by atoms with Gasteiger partial charge in [0.2, 0.25) is 11.2 Å². The Kier molecular flexibility index (Phi) is 3.69. The van der Waals surface area contributed by atoms with E-state index in [-0.39, 0.29) is 5.28 Å². The van der Waals surface area contributed by atoms with E-state index in [0.717, 1.165) is 20.7 Å². The van der Waals surface area contributed by atoms with Crippen LogP contribution >= 0.6 is 22.9 Å². The zero-order valence-electron chi connectivity index (χ0n) is 11.8. The van der Waals surface area contributed by atoms with Crippen molar-refractivity contribution in [2.45, 2.75) is 13.8 Å². The number of thiophene rings is 1. The van der Waals surface area contributed by atoms with Gasteiger partial charge >= 0.3 is 0 Å². The molecule has 6 heteroatoms. The van der Waals surface area contributed by atoms with Gasteiger partial charge in [0.05, 0.1) is 12.5 Å². The Morgan fingerprint density at radius 2 is 1.90 bits per heavy atom. The first kappa shape index (κ1) is 14.1. The molecule has 3 aromatic rings. The van der Waals surface area contributed by atoms with Crippen LogP contribution in [0.15, 0.2) is 24.3 Å². The maximum Gasteiger partial charge on any atom is 0.232 e. The minimum atomic E-state index is 0.172. The number of rotatable bonds is 3. The van der Waals surface area contributed by atoms with Gasteiger partial charge in [0, 0.05) is 4.88 Å². The second kappa shape index (κ2) is 5.50. The number of aryl methyl sites for hydroxylation is 2. The Morgan fingerprint density at radius 3 is 2.67 bits per heavy atom. The monoisotopic (exact) mass is 320 g/mol. The molecule has 21 heavy (non-hydrogen) atoms. The molecule has 0 N–H and O–H groups in total. The summed E-state index contributed by atoms with van der Waals surface area (Å²) >= 11 is 7.53. The van der Waals surface area contributed by atoms with E-state index in [1.807, 2.05) is 38.1 Å². The van der Waals surface area contributed by atoms with Crippen LogP contribution in [0.2, 0.25) is 5.28 Å². The molecule has 0 aliphatic rings. The van der Waals surface area contributed by atoms with Gasteiger partial charge in [0.1, 0.15) is 4.83 Å². The van der Waals surface area contributed by atoms with E-state index in [1.54, 1.807) is 18.4 Å². The van der Waals surface area contributed by atoms with E-state index >= 15 is 0 Å². The molecule has 0 fully saturated rings. The number of halogens is 1. The van der Waals surface area contributed by atoms with Crippen molar-refractivity contribution >= 4 is 33.2 Å². The van der Waals surface area contributed by atoms with Crippen LogP contribution in [-0.4, -0.2) is 17.1 Å². The number of hydrogen-bond acceptors (Lipinski definition) is 5. The molecule has 4 nitrogen and oxygen atoms in total. The molecule has 0 unspecified atom stereocenters. The van der Waals surface area contributed by atoms with Gasteiger partial charge < -0.3 is 9.47 Å². The highest BCUT2D eigenvalue weighted by Gasteiger charge is 2.14. The van der Waals surface area contributed by atoms with Gasteiger partial charge in [-0.05, 0) is 49.2 Å². The molecule has 0 bridgehead atoms. The van der Waals surface area contributed by atoms with Crippen molar-refractivity contribution in [3.05, 3.63) is 40.0 Å². The summed E-state index contributed by atoms with van der Waals surface area (Å²) in [6.45, 7) is 4.00. The first-order chi connectivity index (χ1) is 10.1. The molecule has 0 saturated heterocycles. The van der Waals surface area contributed by atoms with Crippen LogP contribution in [0.3, 0.4) is 0 Å². The Bertz CT molecular complexity index is 817. The second-order valence-corrected chi connectivity index (χ2v) is 6.20. The fourth-order valence-corrected chi connectivity index (χ4v) is 3.11. The molecule has 108 valence electrons. The molecule has 0 amide bonds. The van der Waals surface area contributed by atoms with Crippen molar-refractivity contribution in [3.8, 4) is 17.4 Å². The lowest BCUT2D eigenvalue weighted by Gasteiger charge is -2.10. The van der Waals surface area contributed by atoms with Crippen LogP contribution in [0, 0.1) is 13.8 Å². The average Bonchev–Trinajstić information content (AvgIpc) is 2.81. The lowest BCUT2D eigenvalue weighted by atomic mass is 10.2. The number of methoxy groups -OCH3 is 1. The van der Waals surface area contributed by atoms with Crippen molar-refractivity contribution < 1.29 is 9.47 Å². The van der Waals surface area contributed by atoms with Crippen molar-refractivity contribution in [1.29, 1.82) is 0 Å². The Balaban J connectivity index is 2.09. The minimum Gasteiger partial charge on any atom is -0.493 e. The van der Waals surface area contributed by atoms with E-state index in [1.165, 1.54) is 0 Å². The van der Waals surface area contributed by atoms with Crippen molar-refractivity contribution in [2.24, 2.45) is 0 Å². The molecule has 1 aromatic carbocycles. The molecule has 0 aliphatic heterocycles. The van der Waals surface area contributed by atoms with Crippen LogP contribution in [0.5, 0.6) is 17.4 Å². The first-order valence-electron chi connectivity index (χ1n) is 6.33. The lowest BCUT2D eigenvalue weighted by Crippen LogP contribution is -1.94. The highest BCUT2D eigenvalue weighted by molar-refractivity contribution is 7.18. The highest BCUT2D eigenvalue weighted by Crippen LogP contribution is 2.37. The summed E-state index contributed by atoms with van der Waals surface area (Å²) in [6, 6.07) is 7.71. The third kappa shape index (κ3) is 2.80. The summed E-state index contributed by atoms with van der Waals surface area (Å²) in [7, 11) is 1.61. The molecule has 0 atom stereocenters. The van der Waals surface area contributed by atoms with E-state index in [2.05, 4.69) is 9.97 Å². The van der Waals surface area contributed by atoms with Crippen molar-refractivity contribution in [1.82, 2.24) is 9.97 Å². The number of ether oxygens (including phenoxy) is 2. The molecule has 0 spiro atoms. The Morgan fingerprint density at radius 1 is 1.10 bits per heavy atom. The average molecular weight is 321 g/mol. The van der Waals surface area contributed by atoms with Crippen molar-refractivity contribution in [3.63, 3.8) is 0 Å². The van der Waals surface area contributed by atoms with Gasteiger partial charge in [0.25, 0.3) is 0 Å². The number of aromatic nitrogens is 2. The van der Waals surface area contributed by atoms with Crippen molar-refractivity contribution in [2.75, 3.05) is 7.11 Å². The van der Waals surface area contributed by atoms with Crippen LogP contribution in [0.25, 0.3) is 10.2 Å². The SMILES string of the molecule is COc1cc(C)ccc1Oc1nc(Cl)nc2sc(C)cc12. The van der Waals surface area contributed by atoms with Crippen LogP contribution < -0.4 is 9.47 Å². The smallest absolute Gasteiger partial charge is 0.232 e. The topological polar surface area (TPSA) is 44.2 Å². The van der Waals surface area contributed by atoms with Crippen LogP contribution in [0.1, 0.15) is 10.4 Å². The standard InChI is InChI=1S/C15H13ClN2O2S/c1-8-4-5-11(12(6-8)19-3)20-13-10-7-9(2)21-14(10)18-15(16)17-13/h4-7H,1-3H3. The van der Waals surface area contributed by atoms with Crippen LogP contribution in [0.4, 0.5) is 0 Å². The maximum atomic E-state index is 5.97. The molecule has 0 radical (unpaired) electrons. The lowest BCUT2D eigenvalue weighted by molar-refractivity contribution is 0.375. The van der Waals surface area contributed by atoms with Gasteiger partial charge in [-0.1, -0.05) is 6.07 Å². The van der Waals surface area contributed by atoms with Crippen LogP contribution in [-0.2, 0) is 0 Å². The molecule has 0 aliphatic carbocycles. The molecule has 0 saturated carbocycles. The zero-order valence-corrected chi connectivity index (χ0v) is 13.4. The fourth-order valence-electron chi connectivity index (χ4n) is 2.03. The Labute approximate surface area is 131 Å². The zero-order chi connectivity index (χ0) is 15.0. The molecular formula is C15H13ClN2O2S. The van der Waals surface area contributed by atoms with Gasteiger partial charge in [-0.2, -0.15) is 4.98 Å². The summed E-state index contributed by atoms with van der Waals surface area (Å²) in [4.78, 5) is 10.3. The van der Waals surface area contributed by atoms with E-state index in [4.69, 9.17) is 21.1 Å². The second-order valence-electron chi connectivity index (χ2n) is 4.63. The number of benzene rings is 1. The summed E-state index contributed by atoms with van der Waals surface area (Å²) < 4.78 is 11.3. The summed E-state index contributed by atoms with van der Waals surface area (Å²) in [6.07, 6.45) is 0. The largest absolute Gasteiger partial charge is 0.493 e. The maximum absolute atomic E-state index is 5.97. The quantitative estimate of drug-likeness (QED) is 0.652. The normalized spacial score (nSPS) is 10.9. The fraction of sp³-hybridized carbons (Fsp3) is 0.200. The highest BCUT2D eigenvalue weighted by atomic mass is 35.5. The Hall–Kier alpha value is -1.85. The molecule has 2 aromatic heterocycles. The predicted octanol–water partition coefficient (Wildman–Crippen LogP) is 4.76.